The van der Waals surface area contributed by atoms with Crippen molar-refractivity contribution in [3.05, 3.63) is 35.4 Å². The van der Waals surface area contributed by atoms with E-state index in [9.17, 15) is 0 Å². The normalized spacial score (nSPS) is 8.67. The molecule has 1 rings (SSSR count). The van der Waals surface area contributed by atoms with Crippen LogP contribution in [0.4, 0.5) is 0 Å². The Bertz CT molecular complexity index is 183. The largest absolute Gasteiger partial charge is 0.320 e. The van der Waals surface area contributed by atoms with Crippen LogP contribution in [-0.4, -0.2) is 13.6 Å². The van der Waals surface area contributed by atoms with Gasteiger partial charge in [-0.15, -0.1) is 0 Å². The number of rotatable bonds is 1. The van der Waals surface area contributed by atoms with Crippen molar-refractivity contribution in [3.63, 3.8) is 0 Å². The minimum absolute atomic E-state index is 1.07. The summed E-state index contributed by atoms with van der Waals surface area (Å²) in [4.78, 5) is 0. The summed E-state index contributed by atoms with van der Waals surface area (Å²) in [6, 6.07) is 8.36. The smallest absolute Gasteiger partial charge is 0.00804 e. The molecule has 0 atom stereocenters. The van der Waals surface area contributed by atoms with Crippen LogP contribution in [0, 0.1) is 13.8 Å². The van der Waals surface area contributed by atoms with Gasteiger partial charge in [0.2, 0.25) is 0 Å². The minimum atomic E-state index is 1.07. The lowest BCUT2D eigenvalue weighted by atomic mass is 10.1. The van der Waals surface area contributed by atoms with Crippen molar-refractivity contribution in [2.45, 2.75) is 20.8 Å². The van der Waals surface area contributed by atoms with Crippen LogP contribution in [0.2, 0.25) is 0 Å². The zero-order valence-electron chi connectivity index (χ0n) is 8.52. The Morgan fingerprint density at radius 3 is 1.58 bits per heavy atom. The average molecular weight is 165 g/mol. The zero-order valence-corrected chi connectivity index (χ0v) is 8.52. The second-order valence-corrected chi connectivity index (χ2v) is 2.79. The maximum Gasteiger partial charge on any atom is -0.00804 e. The summed E-state index contributed by atoms with van der Waals surface area (Å²) in [5, 5.41) is 2.93. The van der Waals surface area contributed by atoms with Crippen LogP contribution in [0.5, 0.6) is 0 Å². The summed E-state index contributed by atoms with van der Waals surface area (Å²) >= 11 is 0. The van der Waals surface area contributed by atoms with Crippen LogP contribution in [0.3, 0.4) is 0 Å². The van der Waals surface area contributed by atoms with Crippen molar-refractivity contribution < 1.29 is 0 Å². The fraction of sp³-hybridized carbons (Fsp3) is 0.455. The van der Waals surface area contributed by atoms with Gasteiger partial charge in [0.1, 0.15) is 0 Å². The van der Waals surface area contributed by atoms with Gasteiger partial charge in [0.05, 0.1) is 0 Å². The molecule has 0 aliphatic rings. The van der Waals surface area contributed by atoms with E-state index in [1.807, 2.05) is 7.05 Å². The third-order valence-electron chi connectivity index (χ3n) is 1.78. The van der Waals surface area contributed by atoms with Gasteiger partial charge in [0.15, 0.2) is 0 Å². The molecule has 1 N–H and O–H groups in total. The number of hydrogen-bond acceptors (Lipinski definition) is 1. The van der Waals surface area contributed by atoms with Gasteiger partial charge in [-0.1, -0.05) is 31.2 Å². The monoisotopic (exact) mass is 165 g/mol. The molecule has 0 radical (unpaired) electrons. The first-order valence-electron chi connectivity index (χ1n) is 4.39. The van der Waals surface area contributed by atoms with Gasteiger partial charge in [-0.05, 0) is 38.6 Å². The fourth-order valence-electron chi connectivity index (χ4n) is 0.663. The maximum atomic E-state index is 2.93. The van der Waals surface area contributed by atoms with E-state index in [1.54, 1.807) is 0 Å². The molecule has 0 aliphatic carbocycles. The molecule has 0 amide bonds. The molecule has 0 aliphatic heterocycles. The summed E-state index contributed by atoms with van der Waals surface area (Å²) < 4.78 is 0. The summed E-state index contributed by atoms with van der Waals surface area (Å²) in [6.07, 6.45) is 0. The molecule has 0 fully saturated rings. The number of aryl methyl sites for hydroxylation is 2. The molecule has 0 spiro atoms. The van der Waals surface area contributed by atoms with Gasteiger partial charge < -0.3 is 5.32 Å². The standard InChI is InChI=1S/C8H10.C3H9N/c1-7-5-3-4-6-8(7)2;1-3-4-2/h3-6H,1-2H3;4H,3H2,1-2H3. The highest BCUT2D eigenvalue weighted by Gasteiger charge is 1.83. The lowest BCUT2D eigenvalue weighted by Gasteiger charge is -1.93. The van der Waals surface area contributed by atoms with E-state index < -0.39 is 0 Å². The van der Waals surface area contributed by atoms with E-state index in [4.69, 9.17) is 0 Å². The Hall–Kier alpha value is -0.820. The molecular formula is C11H19N. The molecule has 0 saturated heterocycles. The van der Waals surface area contributed by atoms with Gasteiger partial charge in [-0.3, -0.25) is 0 Å². The highest BCUT2D eigenvalue weighted by Crippen LogP contribution is 2.02. The number of benzene rings is 1. The van der Waals surface area contributed by atoms with Crippen LogP contribution < -0.4 is 5.32 Å². The third-order valence-corrected chi connectivity index (χ3v) is 1.78. The molecule has 0 unspecified atom stereocenters. The Morgan fingerprint density at radius 2 is 1.42 bits per heavy atom. The summed E-state index contributed by atoms with van der Waals surface area (Å²) in [5.41, 5.74) is 2.74. The highest BCUT2D eigenvalue weighted by molar-refractivity contribution is 5.23. The van der Waals surface area contributed by atoms with E-state index in [2.05, 4.69) is 50.4 Å². The highest BCUT2D eigenvalue weighted by atomic mass is 14.8. The van der Waals surface area contributed by atoms with Crippen molar-refractivity contribution in [3.8, 4) is 0 Å². The molecular weight excluding hydrogens is 146 g/mol. The van der Waals surface area contributed by atoms with Crippen molar-refractivity contribution in [2.24, 2.45) is 0 Å². The van der Waals surface area contributed by atoms with E-state index in [0.29, 0.717) is 0 Å². The maximum absolute atomic E-state index is 2.93. The Balaban J connectivity index is 0.000000261. The summed E-state index contributed by atoms with van der Waals surface area (Å²) in [7, 11) is 1.93. The van der Waals surface area contributed by atoms with Gasteiger partial charge in [-0.25, -0.2) is 0 Å². The fourth-order valence-corrected chi connectivity index (χ4v) is 0.663. The van der Waals surface area contributed by atoms with E-state index in [-0.39, 0.29) is 0 Å². The van der Waals surface area contributed by atoms with Crippen LogP contribution in [0.1, 0.15) is 18.1 Å². The molecule has 1 heteroatoms. The molecule has 0 bridgehead atoms. The molecule has 1 aromatic rings. The van der Waals surface area contributed by atoms with E-state index in [0.717, 1.165) is 6.54 Å². The molecule has 68 valence electrons. The zero-order chi connectivity index (χ0) is 9.40. The van der Waals surface area contributed by atoms with Crippen molar-refractivity contribution in [1.29, 1.82) is 0 Å². The quantitative estimate of drug-likeness (QED) is 0.674. The minimum Gasteiger partial charge on any atom is -0.320 e. The molecule has 0 saturated carbocycles. The van der Waals surface area contributed by atoms with Crippen molar-refractivity contribution in [2.75, 3.05) is 13.6 Å². The molecule has 12 heavy (non-hydrogen) atoms. The first-order chi connectivity index (χ1) is 5.72. The second-order valence-electron chi connectivity index (χ2n) is 2.79. The van der Waals surface area contributed by atoms with Gasteiger partial charge >= 0.3 is 0 Å². The molecule has 1 nitrogen and oxygen atoms in total. The third kappa shape index (κ3) is 4.91. The molecule has 0 heterocycles. The van der Waals surface area contributed by atoms with Gasteiger partial charge in [-0.2, -0.15) is 0 Å². The summed E-state index contributed by atoms with van der Waals surface area (Å²) in [5.74, 6) is 0. The number of hydrogen-bond donors (Lipinski definition) is 1. The van der Waals surface area contributed by atoms with Crippen LogP contribution in [-0.2, 0) is 0 Å². The first-order valence-corrected chi connectivity index (χ1v) is 4.39. The summed E-state index contributed by atoms with van der Waals surface area (Å²) in [6.45, 7) is 7.38. The Kier molecular flexibility index (Phi) is 6.39. The van der Waals surface area contributed by atoms with Gasteiger partial charge in [0, 0.05) is 0 Å². The van der Waals surface area contributed by atoms with Crippen LogP contribution in [0.25, 0.3) is 0 Å². The average Bonchev–Trinajstić information content (AvgIpc) is 2.11. The first kappa shape index (κ1) is 11.2. The molecule has 1 aromatic carbocycles. The lowest BCUT2D eigenvalue weighted by Crippen LogP contribution is -2.01. The van der Waals surface area contributed by atoms with E-state index >= 15 is 0 Å². The van der Waals surface area contributed by atoms with Gasteiger partial charge in [0.25, 0.3) is 0 Å². The predicted octanol–water partition coefficient (Wildman–Crippen LogP) is 2.53. The molecule has 0 aromatic heterocycles. The Morgan fingerprint density at radius 1 is 1.08 bits per heavy atom. The van der Waals surface area contributed by atoms with Crippen molar-refractivity contribution >= 4 is 0 Å². The Labute approximate surface area is 75.8 Å². The number of nitrogens with one attached hydrogen (secondary N) is 1. The predicted molar refractivity (Wildman–Crippen MR) is 55.5 cm³/mol. The second kappa shape index (κ2) is 6.86. The topological polar surface area (TPSA) is 12.0 Å². The SMILES string of the molecule is CCNC.Cc1ccccc1C. The lowest BCUT2D eigenvalue weighted by molar-refractivity contribution is 0.864. The van der Waals surface area contributed by atoms with Crippen molar-refractivity contribution in [1.82, 2.24) is 5.32 Å². The van der Waals surface area contributed by atoms with Crippen LogP contribution in [0.15, 0.2) is 24.3 Å². The van der Waals surface area contributed by atoms with E-state index in [1.165, 1.54) is 11.1 Å². The van der Waals surface area contributed by atoms with Crippen LogP contribution >= 0.6 is 0 Å².